The summed E-state index contributed by atoms with van der Waals surface area (Å²) in [4.78, 5) is 26.9. The molecular formula is C13H12ClN5O4. The highest BCUT2D eigenvalue weighted by Crippen LogP contribution is 2.14. The van der Waals surface area contributed by atoms with Gasteiger partial charge in [0.05, 0.1) is 11.2 Å². The van der Waals surface area contributed by atoms with Crippen molar-refractivity contribution >= 4 is 29.3 Å². The molecular weight excluding hydrogens is 326 g/mol. The Hall–Kier alpha value is -3.07. The van der Waals surface area contributed by atoms with Crippen LogP contribution >= 0.6 is 11.6 Å². The first-order chi connectivity index (χ1) is 11.0. The Morgan fingerprint density at radius 3 is 2.52 bits per heavy atom. The first-order valence-electron chi connectivity index (χ1n) is 6.22. The van der Waals surface area contributed by atoms with Crippen LogP contribution in [-0.4, -0.2) is 34.5 Å². The number of halogens is 1. The van der Waals surface area contributed by atoms with E-state index < -0.39 is 11.9 Å². The van der Waals surface area contributed by atoms with Crippen LogP contribution < -0.4 is 16.2 Å². The van der Waals surface area contributed by atoms with Gasteiger partial charge in [-0.25, -0.2) is 4.79 Å². The highest BCUT2D eigenvalue weighted by Gasteiger charge is 2.14. The molecule has 1 aromatic heterocycles. The molecule has 0 fully saturated rings. The average molecular weight is 338 g/mol. The van der Waals surface area contributed by atoms with Gasteiger partial charge in [0, 0.05) is 5.56 Å². The summed E-state index contributed by atoms with van der Waals surface area (Å²) >= 11 is 5.72. The van der Waals surface area contributed by atoms with Gasteiger partial charge in [-0.2, -0.15) is 5.10 Å². The number of primary amides is 1. The Balaban J connectivity index is 1.99. The van der Waals surface area contributed by atoms with Crippen molar-refractivity contribution in [1.82, 2.24) is 10.2 Å². The third-order valence-corrected chi connectivity index (χ3v) is 2.84. The highest BCUT2D eigenvalue weighted by molar-refractivity contribution is 6.33. The Morgan fingerprint density at radius 1 is 1.26 bits per heavy atom. The number of benzene rings is 1. The lowest BCUT2D eigenvalue weighted by molar-refractivity contribution is -0.119. The Kier molecular flexibility index (Phi) is 5.15. The zero-order valence-electron chi connectivity index (χ0n) is 11.7. The molecule has 2 rings (SSSR count). The molecule has 23 heavy (non-hydrogen) atoms. The zero-order chi connectivity index (χ0) is 16.8. The van der Waals surface area contributed by atoms with E-state index in [1.807, 2.05) is 0 Å². The van der Waals surface area contributed by atoms with Crippen molar-refractivity contribution in [1.29, 1.82) is 0 Å². The van der Waals surface area contributed by atoms with Gasteiger partial charge in [-0.1, -0.05) is 16.8 Å². The summed E-state index contributed by atoms with van der Waals surface area (Å²) < 4.78 is 5.10. The summed E-state index contributed by atoms with van der Waals surface area (Å²) in [7, 11) is 0. The van der Waals surface area contributed by atoms with E-state index in [0.29, 0.717) is 11.3 Å². The number of nitrogens with one attached hydrogen (secondary N) is 1. The van der Waals surface area contributed by atoms with Crippen LogP contribution in [0, 0.1) is 0 Å². The smallest absolute Gasteiger partial charge is 0.384 e. The number of nitrogens with two attached hydrogens (primary N) is 2. The lowest BCUT2D eigenvalue weighted by Gasteiger charge is -2.05. The number of ether oxygens (including phenoxy) is 1. The van der Waals surface area contributed by atoms with E-state index in [4.69, 9.17) is 27.8 Å². The van der Waals surface area contributed by atoms with E-state index in [1.54, 1.807) is 24.3 Å². The van der Waals surface area contributed by atoms with E-state index in [9.17, 15) is 9.59 Å². The fraction of sp³-hybridized carbons (Fsp3) is 0.0769. The Bertz CT molecular complexity index is 741. The number of rotatable bonds is 6. The van der Waals surface area contributed by atoms with Gasteiger partial charge < -0.3 is 21.0 Å². The van der Waals surface area contributed by atoms with Gasteiger partial charge in [0.25, 0.3) is 5.91 Å². The highest BCUT2D eigenvalue weighted by atomic mass is 35.5. The predicted molar refractivity (Wildman–Crippen MR) is 80.9 cm³/mol. The largest absolute Gasteiger partial charge is 0.484 e. The van der Waals surface area contributed by atoms with Crippen LogP contribution in [-0.2, 0) is 9.63 Å². The number of nitrogens with zero attached hydrogens (tertiary/aromatic N) is 2. The molecule has 0 aliphatic rings. The molecule has 0 bridgehead atoms. The van der Waals surface area contributed by atoms with Crippen LogP contribution in [0.3, 0.4) is 0 Å². The minimum atomic E-state index is -0.822. The van der Waals surface area contributed by atoms with E-state index in [2.05, 4.69) is 20.2 Å². The molecule has 0 spiro atoms. The van der Waals surface area contributed by atoms with E-state index >= 15 is 0 Å². The summed E-state index contributed by atoms with van der Waals surface area (Å²) in [6, 6.07) is 6.28. The molecule has 0 saturated carbocycles. The molecule has 1 amide bonds. The van der Waals surface area contributed by atoms with Crippen molar-refractivity contribution < 1.29 is 19.2 Å². The molecule has 1 aromatic carbocycles. The SMILES string of the molecule is NC(=O)COc1ccc(/C(N)=N/OC(=O)c2[nH]ncc2Cl)cc1. The summed E-state index contributed by atoms with van der Waals surface area (Å²) in [5.74, 6) is -1.01. The third-order valence-electron chi connectivity index (χ3n) is 2.56. The van der Waals surface area contributed by atoms with Gasteiger partial charge in [0.15, 0.2) is 18.1 Å². The lowest BCUT2D eigenvalue weighted by atomic mass is 10.2. The van der Waals surface area contributed by atoms with Crippen LogP contribution in [0.4, 0.5) is 0 Å². The number of H-pyrrole nitrogens is 1. The van der Waals surface area contributed by atoms with E-state index in [0.717, 1.165) is 0 Å². The molecule has 120 valence electrons. The van der Waals surface area contributed by atoms with Crippen LogP contribution in [0.25, 0.3) is 0 Å². The van der Waals surface area contributed by atoms with Gasteiger partial charge in [-0.3, -0.25) is 9.89 Å². The van der Waals surface area contributed by atoms with Crippen molar-refractivity contribution in [3.63, 3.8) is 0 Å². The molecule has 1 heterocycles. The first-order valence-corrected chi connectivity index (χ1v) is 6.60. The molecule has 0 aliphatic carbocycles. The predicted octanol–water partition coefficient (Wildman–Crippen LogP) is 0.404. The number of aromatic amines is 1. The minimum Gasteiger partial charge on any atom is -0.484 e. The van der Waals surface area contributed by atoms with Crippen LogP contribution in [0.2, 0.25) is 5.02 Å². The summed E-state index contributed by atoms with van der Waals surface area (Å²) in [6.45, 7) is -0.231. The normalized spacial score (nSPS) is 11.1. The zero-order valence-corrected chi connectivity index (χ0v) is 12.4. The number of amides is 1. The number of aromatic nitrogens is 2. The van der Waals surface area contributed by atoms with Crippen molar-refractivity contribution in [3.05, 3.63) is 46.7 Å². The maximum atomic E-state index is 11.7. The third kappa shape index (κ3) is 4.45. The van der Waals surface area contributed by atoms with Crippen molar-refractivity contribution in [2.24, 2.45) is 16.6 Å². The monoisotopic (exact) mass is 337 g/mol. The van der Waals surface area contributed by atoms with Gasteiger partial charge >= 0.3 is 5.97 Å². The van der Waals surface area contributed by atoms with Crippen molar-refractivity contribution in [3.8, 4) is 5.75 Å². The van der Waals surface area contributed by atoms with Crippen LogP contribution in [0.5, 0.6) is 5.75 Å². The van der Waals surface area contributed by atoms with E-state index in [-0.39, 0.29) is 23.2 Å². The molecule has 0 atom stereocenters. The quantitative estimate of drug-likeness (QED) is 0.301. The second-order valence-electron chi connectivity index (χ2n) is 4.23. The maximum absolute atomic E-state index is 11.7. The number of amidine groups is 1. The summed E-state index contributed by atoms with van der Waals surface area (Å²) in [5, 5.41) is 9.59. The Morgan fingerprint density at radius 2 is 1.96 bits per heavy atom. The summed E-state index contributed by atoms with van der Waals surface area (Å²) in [6.07, 6.45) is 1.26. The standard InChI is InChI=1S/C13H12ClN5O4/c14-9-5-17-18-11(9)13(21)23-19-12(16)7-1-3-8(4-2-7)22-6-10(15)20/h1-5H,6H2,(H2,15,20)(H2,16,19)(H,17,18). The van der Waals surface area contributed by atoms with Crippen LogP contribution in [0.15, 0.2) is 35.6 Å². The van der Waals surface area contributed by atoms with Crippen LogP contribution in [0.1, 0.15) is 16.1 Å². The van der Waals surface area contributed by atoms with Gasteiger partial charge in [0.2, 0.25) is 0 Å². The van der Waals surface area contributed by atoms with Gasteiger partial charge in [-0.05, 0) is 24.3 Å². The molecule has 0 radical (unpaired) electrons. The Labute approximate surface area is 135 Å². The fourth-order valence-corrected chi connectivity index (χ4v) is 1.65. The number of hydrogen-bond acceptors (Lipinski definition) is 6. The molecule has 0 saturated heterocycles. The van der Waals surface area contributed by atoms with Crippen molar-refractivity contribution in [2.45, 2.75) is 0 Å². The lowest BCUT2D eigenvalue weighted by Crippen LogP contribution is -2.20. The minimum absolute atomic E-state index is 0.0292. The molecule has 9 nitrogen and oxygen atoms in total. The number of carbonyl (C=O) groups excluding carboxylic acids is 2. The second-order valence-corrected chi connectivity index (χ2v) is 4.63. The van der Waals surface area contributed by atoms with Gasteiger partial charge in [-0.15, -0.1) is 0 Å². The fourth-order valence-electron chi connectivity index (χ4n) is 1.48. The summed E-state index contributed by atoms with van der Waals surface area (Å²) in [5.41, 5.74) is 11.1. The molecule has 0 aliphatic heterocycles. The first kappa shape index (κ1) is 16.3. The number of oxime groups is 1. The molecule has 5 N–H and O–H groups in total. The number of hydrogen-bond donors (Lipinski definition) is 3. The maximum Gasteiger partial charge on any atom is 0.384 e. The van der Waals surface area contributed by atoms with Crippen molar-refractivity contribution in [2.75, 3.05) is 6.61 Å². The topological polar surface area (TPSA) is 146 Å². The van der Waals surface area contributed by atoms with Gasteiger partial charge in [0.1, 0.15) is 5.75 Å². The number of carbonyl (C=O) groups is 2. The second kappa shape index (κ2) is 7.27. The molecule has 10 heteroatoms. The molecule has 2 aromatic rings. The van der Waals surface area contributed by atoms with E-state index in [1.165, 1.54) is 6.20 Å². The average Bonchev–Trinajstić information content (AvgIpc) is 2.97. The molecule has 0 unspecified atom stereocenters.